The number of halogens is 1. The van der Waals surface area contributed by atoms with Gasteiger partial charge in [-0.1, -0.05) is 42.8 Å². The summed E-state index contributed by atoms with van der Waals surface area (Å²) in [7, 11) is 0. The largest absolute Gasteiger partial charge is 0.477 e. The first-order valence-electron chi connectivity index (χ1n) is 8.36. The van der Waals surface area contributed by atoms with Gasteiger partial charge in [0.15, 0.2) is 0 Å². The fourth-order valence-electron chi connectivity index (χ4n) is 2.90. The number of H-pyrrole nitrogens is 1. The van der Waals surface area contributed by atoms with Crippen LogP contribution in [-0.2, 0) is 24.2 Å². The Kier molecular flexibility index (Phi) is 5.28. The van der Waals surface area contributed by atoms with Crippen LogP contribution in [0.5, 0.6) is 0 Å². The van der Waals surface area contributed by atoms with Crippen molar-refractivity contribution >= 4 is 34.4 Å². The van der Waals surface area contributed by atoms with Crippen molar-refractivity contribution < 1.29 is 14.7 Å². The predicted octanol–water partition coefficient (Wildman–Crippen LogP) is 3.94. The van der Waals surface area contributed by atoms with Gasteiger partial charge in [-0.25, -0.2) is 4.79 Å². The minimum atomic E-state index is -1.10. The molecule has 26 heavy (non-hydrogen) atoms. The van der Waals surface area contributed by atoms with Crippen LogP contribution in [0.4, 0.5) is 0 Å². The third-order valence-electron chi connectivity index (χ3n) is 4.34. The quantitative estimate of drug-likeness (QED) is 0.614. The van der Waals surface area contributed by atoms with Crippen LogP contribution in [0.3, 0.4) is 0 Å². The first kappa shape index (κ1) is 18.0. The number of carboxylic acids is 1. The first-order chi connectivity index (χ1) is 12.5. The highest BCUT2D eigenvalue weighted by Gasteiger charge is 2.19. The van der Waals surface area contributed by atoms with E-state index < -0.39 is 5.97 Å². The Balaban J connectivity index is 1.76. The number of rotatable bonds is 6. The number of aryl methyl sites for hydroxylation is 1. The summed E-state index contributed by atoms with van der Waals surface area (Å²) in [5.41, 5.74) is 3.33. The van der Waals surface area contributed by atoms with Crippen molar-refractivity contribution in [3.05, 3.63) is 69.9 Å². The molecule has 6 heteroatoms. The molecule has 1 heterocycles. The molecule has 1 aromatic heterocycles. The fourth-order valence-corrected chi connectivity index (χ4v) is 3.07. The van der Waals surface area contributed by atoms with Crippen molar-refractivity contribution in [2.75, 3.05) is 0 Å². The van der Waals surface area contributed by atoms with E-state index in [0.29, 0.717) is 28.0 Å². The van der Waals surface area contributed by atoms with Crippen molar-refractivity contribution in [1.82, 2.24) is 10.3 Å². The molecule has 134 valence electrons. The summed E-state index contributed by atoms with van der Waals surface area (Å²) < 4.78 is 0. The number of amides is 1. The Hall–Kier alpha value is -2.79. The standard InChI is InChI=1S/C20H19ClN2O3/c1-2-12-3-5-13(6-4-12)11-22-18(24)10-16-15-9-14(21)7-8-17(15)23-19(16)20(25)26/h3-9,23H,2,10-11H2,1H3,(H,22,24)(H,25,26). The lowest BCUT2D eigenvalue weighted by Gasteiger charge is -2.07. The predicted molar refractivity (Wildman–Crippen MR) is 102 cm³/mol. The highest BCUT2D eigenvalue weighted by Crippen LogP contribution is 2.26. The van der Waals surface area contributed by atoms with Gasteiger partial charge in [-0.3, -0.25) is 4.79 Å². The number of hydrogen-bond donors (Lipinski definition) is 3. The fraction of sp³-hybridized carbons (Fsp3) is 0.200. The molecule has 0 bridgehead atoms. The minimum Gasteiger partial charge on any atom is -0.477 e. The monoisotopic (exact) mass is 370 g/mol. The van der Waals surface area contributed by atoms with E-state index in [9.17, 15) is 14.7 Å². The Morgan fingerprint density at radius 3 is 2.46 bits per heavy atom. The molecule has 0 saturated heterocycles. The van der Waals surface area contributed by atoms with Crippen molar-refractivity contribution in [1.29, 1.82) is 0 Å². The number of aromatic nitrogens is 1. The van der Waals surface area contributed by atoms with E-state index in [-0.39, 0.29) is 18.0 Å². The summed E-state index contributed by atoms with van der Waals surface area (Å²) in [6.07, 6.45) is 0.933. The molecule has 0 aliphatic rings. The van der Waals surface area contributed by atoms with Crippen LogP contribution in [-0.4, -0.2) is 22.0 Å². The molecular weight excluding hydrogens is 352 g/mol. The molecule has 0 spiro atoms. The van der Waals surface area contributed by atoms with Gasteiger partial charge in [-0.05, 0) is 35.7 Å². The molecule has 0 radical (unpaired) electrons. The Morgan fingerprint density at radius 1 is 1.12 bits per heavy atom. The number of fused-ring (bicyclic) bond motifs is 1. The van der Waals surface area contributed by atoms with Crippen molar-refractivity contribution in [3.63, 3.8) is 0 Å². The zero-order valence-electron chi connectivity index (χ0n) is 14.3. The average molecular weight is 371 g/mol. The van der Waals surface area contributed by atoms with Crippen LogP contribution in [0.15, 0.2) is 42.5 Å². The summed E-state index contributed by atoms with van der Waals surface area (Å²) in [6, 6.07) is 13.1. The topological polar surface area (TPSA) is 82.2 Å². The maximum Gasteiger partial charge on any atom is 0.352 e. The molecule has 1 amide bonds. The van der Waals surface area contributed by atoms with Crippen LogP contribution < -0.4 is 5.32 Å². The number of benzene rings is 2. The Bertz CT molecular complexity index is 961. The van der Waals surface area contributed by atoms with Gasteiger partial charge in [0.05, 0.1) is 6.42 Å². The maximum atomic E-state index is 12.4. The smallest absolute Gasteiger partial charge is 0.352 e. The number of aromatic amines is 1. The normalized spacial score (nSPS) is 10.8. The highest BCUT2D eigenvalue weighted by molar-refractivity contribution is 6.31. The lowest BCUT2D eigenvalue weighted by atomic mass is 10.1. The lowest BCUT2D eigenvalue weighted by Crippen LogP contribution is -2.25. The van der Waals surface area contributed by atoms with Gasteiger partial charge in [-0.15, -0.1) is 0 Å². The van der Waals surface area contributed by atoms with E-state index in [4.69, 9.17) is 11.6 Å². The molecule has 3 aromatic rings. The second kappa shape index (κ2) is 7.62. The molecule has 0 aliphatic carbocycles. The second-order valence-electron chi connectivity index (χ2n) is 6.10. The van der Waals surface area contributed by atoms with E-state index >= 15 is 0 Å². The van der Waals surface area contributed by atoms with Gasteiger partial charge in [0.1, 0.15) is 5.69 Å². The molecule has 5 nitrogen and oxygen atoms in total. The summed E-state index contributed by atoms with van der Waals surface area (Å²) >= 11 is 6.02. The molecule has 3 rings (SSSR count). The third-order valence-corrected chi connectivity index (χ3v) is 4.58. The molecular formula is C20H19ClN2O3. The molecule has 3 N–H and O–H groups in total. The lowest BCUT2D eigenvalue weighted by molar-refractivity contribution is -0.120. The average Bonchev–Trinajstić information content (AvgIpc) is 2.98. The van der Waals surface area contributed by atoms with Gasteiger partial charge in [0.2, 0.25) is 5.91 Å². The molecule has 0 unspecified atom stereocenters. The number of carbonyl (C=O) groups excluding carboxylic acids is 1. The van der Waals surface area contributed by atoms with Gasteiger partial charge in [0, 0.05) is 28.0 Å². The van der Waals surface area contributed by atoms with Crippen molar-refractivity contribution in [3.8, 4) is 0 Å². The molecule has 0 atom stereocenters. The molecule has 0 saturated carbocycles. The van der Waals surface area contributed by atoms with E-state index in [1.54, 1.807) is 18.2 Å². The van der Waals surface area contributed by atoms with E-state index in [1.807, 2.05) is 24.3 Å². The maximum absolute atomic E-state index is 12.4. The number of carboxylic acid groups (broad SMARTS) is 1. The van der Waals surface area contributed by atoms with Crippen LogP contribution in [0.2, 0.25) is 5.02 Å². The molecule has 0 aliphatic heterocycles. The van der Waals surface area contributed by atoms with Crippen LogP contribution in [0, 0.1) is 0 Å². The molecule has 0 fully saturated rings. The first-order valence-corrected chi connectivity index (χ1v) is 8.73. The van der Waals surface area contributed by atoms with E-state index in [1.165, 1.54) is 5.56 Å². The summed E-state index contributed by atoms with van der Waals surface area (Å²) in [5, 5.41) is 13.4. The number of aromatic carboxylic acids is 1. The number of hydrogen-bond acceptors (Lipinski definition) is 2. The van der Waals surface area contributed by atoms with Gasteiger partial charge < -0.3 is 15.4 Å². The van der Waals surface area contributed by atoms with Gasteiger partial charge in [-0.2, -0.15) is 0 Å². The second-order valence-corrected chi connectivity index (χ2v) is 6.53. The van der Waals surface area contributed by atoms with Crippen LogP contribution in [0.25, 0.3) is 10.9 Å². The Labute approximate surface area is 156 Å². The Morgan fingerprint density at radius 2 is 1.81 bits per heavy atom. The van der Waals surface area contributed by atoms with Gasteiger partial charge in [0.25, 0.3) is 0 Å². The van der Waals surface area contributed by atoms with E-state index in [2.05, 4.69) is 17.2 Å². The van der Waals surface area contributed by atoms with Crippen LogP contribution >= 0.6 is 11.6 Å². The summed E-state index contributed by atoms with van der Waals surface area (Å²) in [6.45, 7) is 2.48. The minimum absolute atomic E-state index is 0.0183. The zero-order chi connectivity index (χ0) is 18.7. The van der Waals surface area contributed by atoms with Crippen molar-refractivity contribution in [2.45, 2.75) is 26.3 Å². The molecule has 2 aromatic carbocycles. The summed E-state index contributed by atoms with van der Waals surface area (Å²) in [4.78, 5) is 26.7. The van der Waals surface area contributed by atoms with E-state index in [0.717, 1.165) is 12.0 Å². The highest BCUT2D eigenvalue weighted by atomic mass is 35.5. The number of carbonyl (C=O) groups is 2. The SMILES string of the molecule is CCc1ccc(CNC(=O)Cc2c(C(=O)O)[nH]c3ccc(Cl)cc23)cc1. The van der Waals surface area contributed by atoms with Crippen molar-refractivity contribution in [2.24, 2.45) is 0 Å². The van der Waals surface area contributed by atoms with Crippen LogP contribution in [0.1, 0.15) is 34.1 Å². The summed E-state index contributed by atoms with van der Waals surface area (Å²) in [5.74, 6) is -1.34. The number of nitrogens with one attached hydrogen (secondary N) is 2. The third kappa shape index (κ3) is 3.89. The zero-order valence-corrected chi connectivity index (χ0v) is 15.1. The van der Waals surface area contributed by atoms with Gasteiger partial charge >= 0.3 is 5.97 Å².